The number of aliphatic hydroxyl groups is 3. The van der Waals surface area contributed by atoms with Crippen molar-refractivity contribution < 1.29 is 48.3 Å². The van der Waals surface area contributed by atoms with Gasteiger partial charge in [-0.25, -0.2) is 9.59 Å². The molecule has 11 nitrogen and oxygen atoms in total. The van der Waals surface area contributed by atoms with E-state index in [1.54, 1.807) is 13.0 Å². The molecule has 0 saturated heterocycles. The number of carbonyl (C=O) groups is 2. The Bertz CT molecular complexity index is 3030. The van der Waals surface area contributed by atoms with Gasteiger partial charge in [-0.3, -0.25) is 4.79 Å². The summed E-state index contributed by atoms with van der Waals surface area (Å²) in [5.74, 6) is -1.63. The first kappa shape index (κ1) is 50.3. The van der Waals surface area contributed by atoms with Gasteiger partial charge < -0.3 is 38.7 Å². The van der Waals surface area contributed by atoms with Gasteiger partial charge in [-0.05, 0) is 152 Å². The van der Waals surface area contributed by atoms with Crippen LogP contribution in [0.5, 0.6) is 5.75 Å². The number of hydrogen-bond donors (Lipinski definition) is 3. The molecule has 388 valence electrons. The molecule has 9 atom stereocenters. The molecule has 5 aromatic rings. The summed E-state index contributed by atoms with van der Waals surface area (Å²) in [6.45, 7) is 0.778. The van der Waals surface area contributed by atoms with Crippen LogP contribution in [-0.4, -0.2) is 65.9 Å². The largest absolute Gasteiger partial charge is 0.482 e. The van der Waals surface area contributed by atoms with Gasteiger partial charge in [-0.15, -0.1) is 0 Å². The summed E-state index contributed by atoms with van der Waals surface area (Å²) in [6.07, 6.45) is 12.7. The van der Waals surface area contributed by atoms with Gasteiger partial charge in [0, 0.05) is 60.3 Å². The Morgan fingerprint density at radius 2 is 1.65 bits per heavy atom. The minimum absolute atomic E-state index is 0.0329. The third-order valence-electron chi connectivity index (χ3n) is 18.3. The number of aliphatic hydroxyl groups excluding tert-OH is 3. The average Bonchev–Trinajstić information content (AvgIpc) is 3.42. The second kappa shape index (κ2) is 21.0. The van der Waals surface area contributed by atoms with Crippen LogP contribution in [0.25, 0.3) is 11.0 Å². The maximum Gasteiger partial charge on any atom is 0.340 e. The molecule has 4 aromatic carbocycles. The SMILES string of the molecule is COCC(CCO)c1c(CO)c2ccc3c(c2oc1=O)C1OC(=O)CC2CC(c4cccc(Cc5ccccc5)c4)C=CC2c2ccc4c(c2)CCC25CCCCC2C(CCC5)(O3)C1OC(=O)C(=C(C)CO)CC4. The smallest absolute Gasteiger partial charge is 0.340 e. The second-order valence-corrected chi connectivity index (χ2v) is 22.3. The third kappa shape index (κ3) is 9.15. The Balaban J connectivity index is 1.12. The van der Waals surface area contributed by atoms with Crippen molar-refractivity contribution in [3.8, 4) is 5.75 Å². The lowest BCUT2D eigenvalue weighted by Gasteiger charge is -2.60. The quantitative estimate of drug-likeness (QED) is 0.0528. The zero-order valence-corrected chi connectivity index (χ0v) is 42.8. The van der Waals surface area contributed by atoms with Gasteiger partial charge in [0.1, 0.15) is 11.3 Å². The maximum absolute atomic E-state index is 15.5. The molecule has 74 heavy (non-hydrogen) atoms. The number of rotatable bonds is 10. The number of allylic oxidation sites excluding steroid dienone is 2. The van der Waals surface area contributed by atoms with E-state index in [1.807, 2.05) is 12.1 Å². The predicted octanol–water partition coefficient (Wildman–Crippen LogP) is 10.7. The summed E-state index contributed by atoms with van der Waals surface area (Å²) < 4.78 is 33.6. The van der Waals surface area contributed by atoms with Gasteiger partial charge in [-0.2, -0.15) is 0 Å². The van der Waals surface area contributed by atoms with Crippen molar-refractivity contribution in [3.05, 3.63) is 169 Å². The standard InChI is InChI=1S/C63H70O11/c1-38(35-65)48-19-17-41-15-16-45-32-44(41)23-28-62-25-7-6-14-53(62)63(27-9-26-62)59(73-60(48)68)58(56-52(74-63)22-21-50-51(36-66)55(61(69)72-57(50)56)46(24-29-64)37-70-2)71-54(67)34-47-33-43(18-20-49(45)47)42-13-8-12-40(31-42)30-39-10-4-3-5-11-39/h3-5,8,10-13,15-16,18,20-22,31-32,43,46-47,49,53,58-59,64-66H,6-7,9,14,17,19,23-30,33-37H2,1-2H3. The van der Waals surface area contributed by atoms with Crippen LogP contribution in [-0.2, 0) is 49.7 Å². The molecule has 11 rings (SSSR count). The molecule has 3 aliphatic heterocycles. The molecule has 3 aliphatic carbocycles. The zero-order valence-electron chi connectivity index (χ0n) is 42.8. The van der Waals surface area contributed by atoms with Gasteiger partial charge in [0.05, 0.1) is 25.4 Å². The number of benzene rings is 4. The molecular formula is C63H70O11. The summed E-state index contributed by atoms with van der Waals surface area (Å²) >= 11 is 0. The summed E-state index contributed by atoms with van der Waals surface area (Å²) in [5, 5.41) is 32.3. The highest BCUT2D eigenvalue weighted by molar-refractivity contribution is 5.90. The van der Waals surface area contributed by atoms with E-state index >= 15 is 9.59 Å². The van der Waals surface area contributed by atoms with Crippen molar-refractivity contribution in [3.63, 3.8) is 0 Å². The van der Waals surface area contributed by atoms with Crippen LogP contribution in [0.1, 0.15) is 158 Å². The highest BCUT2D eigenvalue weighted by Crippen LogP contribution is 2.63. The minimum atomic E-state index is -1.29. The number of hydrogen-bond acceptors (Lipinski definition) is 11. The van der Waals surface area contributed by atoms with Crippen molar-refractivity contribution in [1.29, 1.82) is 0 Å². The van der Waals surface area contributed by atoms with Crippen LogP contribution >= 0.6 is 0 Å². The molecule has 2 saturated carbocycles. The van der Waals surface area contributed by atoms with E-state index in [0.717, 1.165) is 63.4 Å². The number of fused-ring (bicyclic) bond motifs is 8. The number of ether oxygens (including phenoxy) is 4. The van der Waals surface area contributed by atoms with Gasteiger partial charge in [0.25, 0.3) is 0 Å². The van der Waals surface area contributed by atoms with Crippen LogP contribution < -0.4 is 10.4 Å². The molecular weight excluding hydrogens is 933 g/mol. The summed E-state index contributed by atoms with van der Waals surface area (Å²) in [7, 11) is 1.52. The molecule has 4 heterocycles. The Morgan fingerprint density at radius 1 is 0.811 bits per heavy atom. The van der Waals surface area contributed by atoms with Crippen molar-refractivity contribution in [1.82, 2.24) is 0 Å². The lowest BCUT2D eigenvalue weighted by Crippen LogP contribution is -2.66. The number of esters is 2. The molecule has 2 fully saturated rings. The monoisotopic (exact) mass is 1000 g/mol. The first-order chi connectivity index (χ1) is 36.1. The molecule has 0 amide bonds. The topological polar surface area (TPSA) is 162 Å². The van der Waals surface area contributed by atoms with Crippen LogP contribution in [0, 0.1) is 17.3 Å². The first-order valence-corrected chi connectivity index (χ1v) is 27.2. The van der Waals surface area contributed by atoms with Gasteiger partial charge >= 0.3 is 17.6 Å². The maximum atomic E-state index is 15.5. The average molecular weight is 1000 g/mol. The highest BCUT2D eigenvalue weighted by atomic mass is 16.6. The van der Waals surface area contributed by atoms with Crippen LogP contribution in [0.3, 0.4) is 0 Å². The molecule has 0 radical (unpaired) electrons. The van der Waals surface area contributed by atoms with E-state index in [-0.39, 0.29) is 78.5 Å². The fourth-order valence-electron chi connectivity index (χ4n) is 14.8. The zero-order chi connectivity index (χ0) is 51.1. The first-order valence-electron chi connectivity index (χ1n) is 27.2. The van der Waals surface area contributed by atoms with Crippen LogP contribution in [0.4, 0.5) is 0 Å². The summed E-state index contributed by atoms with van der Waals surface area (Å²) in [6, 6.07) is 29.7. The van der Waals surface area contributed by atoms with Gasteiger partial charge in [-0.1, -0.05) is 97.8 Å². The molecule has 1 spiro atoms. The fraction of sp³-hybridized carbons (Fsp3) is 0.476. The number of methoxy groups -OCH3 is 1. The summed E-state index contributed by atoms with van der Waals surface area (Å²) in [5.41, 5.74) is 6.90. The highest BCUT2D eigenvalue weighted by Gasteiger charge is 2.65. The predicted molar refractivity (Wildman–Crippen MR) is 281 cm³/mol. The van der Waals surface area contributed by atoms with E-state index in [9.17, 15) is 20.1 Å². The molecule has 6 aliphatic rings. The van der Waals surface area contributed by atoms with Gasteiger partial charge in [0.15, 0.2) is 17.8 Å². The molecule has 6 bridgehead atoms. The second-order valence-electron chi connectivity index (χ2n) is 22.3. The minimum Gasteiger partial charge on any atom is -0.482 e. The van der Waals surface area contributed by atoms with Gasteiger partial charge in [0.2, 0.25) is 0 Å². The Kier molecular flexibility index (Phi) is 14.3. The van der Waals surface area contributed by atoms with E-state index < -0.39 is 47.9 Å². The van der Waals surface area contributed by atoms with E-state index in [4.69, 9.17) is 23.4 Å². The third-order valence-corrected chi connectivity index (χ3v) is 18.3. The lowest BCUT2D eigenvalue weighted by atomic mass is 9.50. The van der Waals surface area contributed by atoms with E-state index in [0.29, 0.717) is 53.5 Å². The Labute approximate surface area is 433 Å². The number of aryl methyl sites for hydroxylation is 2. The summed E-state index contributed by atoms with van der Waals surface area (Å²) in [4.78, 5) is 45.3. The molecule has 9 unspecified atom stereocenters. The van der Waals surface area contributed by atoms with E-state index in [2.05, 4.69) is 78.9 Å². The Hall–Kier alpha value is -5.85. The van der Waals surface area contributed by atoms with Crippen molar-refractivity contribution in [2.45, 2.75) is 145 Å². The molecule has 3 N–H and O–H groups in total. The number of carbonyl (C=O) groups excluding carboxylic acids is 2. The van der Waals surface area contributed by atoms with Crippen LogP contribution in [0.15, 0.2) is 117 Å². The van der Waals surface area contributed by atoms with Crippen molar-refractivity contribution in [2.75, 3.05) is 26.9 Å². The Morgan fingerprint density at radius 3 is 2.46 bits per heavy atom. The van der Waals surface area contributed by atoms with Crippen molar-refractivity contribution >= 4 is 22.9 Å². The van der Waals surface area contributed by atoms with E-state index in [1.165, 1.54) is 34.9 Å². The fourth-order valence-corrected chi connectivity index (χ4v) is 14.8. The van der Waals surface area contributed by atoms with Crippen LogP contribution in [0.2, 0.25) is 0 Å². The normalized spacial score (nSPS) is 28.6. The molecule has 1 aromatic heterocycles. The molecule has 11 heteroatoms. The van der Waals surface area contributed by atoms with Crippen molar-refractivity contribution in [2.24, 2.45) is 17.3 Å². The lowest BCUT2D eigenvalue weighted by molar-refractivity contribution is -0.229.